The number of likely N-dealkylation sites (tertiary alicyclic amines) is 1. The summed E-state index contributed by atoms with van der Waals surface area (Å²) in [5.74, 6) is -0.279. The Bertz CT molecular complexity index is 484. The third-order valence-corrected chi connectivity index (χ3v) is 3.64. The van der Waals surface area contributed by atoms with Crippen molar-refractivity contribution in [3.63, 3.8) is 0 Å². The van der Waals surface area contributed by atoms with Gasteiger partial charge >= 0.3 is 0 Å². The fourth-order valence-corrected chi connectivity index (χ4v) is 2.44. The molecule has 2 rings (SSSR count). The summed E-state index contributed by atoms with van der Waals surface area (Å²) in [6.07, 6.45) is 2.07. The van der Waals surface area contributed by atoms with Crippen molar-refractivity contribution in [2.45, 2.75) is 32.4 Å². The van der Waals surface area contributed by atoms with Gasteiger partial charge in [-0.3, -0.25) is 9.69 Å². The molecule has 0 radical (unpaired) electrons. The molecule has 1 aromatic carbocycles. The Hall–Kier alpha value is -1.17. The summed E-state index contributed by atoms with van der Waals surface area (Å²) in [7, 11) is 0. The van der Waals surface area contributed by atoms with Crippen molar-refractivity contribution < 1.29 is 9.18 Å². The van der Waals surface area contributed by atoms with E-state index in [-0.39, 0.29) is 30.2 Å². The highest BCUT2D eigenvalue weighted by atomic mass is 35.5. The third-order valence-electron chi connectivity index (χ3n) is 3.64. The van der Waals surface area contributed by atoms with Crippen molar-refractivity contribution in [2.24, 2.45) is 5.73 Å². The van der Waals surface area contributed by atoms with Crippen LogP contribution in [0.4, 0.5) is 4.39 Å². The number of hydrogen-bond acceptors (Lipinski definition) is 3. The van der Waals surface area contributed by atoms with Crippen LogP contribution in [0.3, 0.4) is 0 Å². The van der Waals surface area contributed by atoms with Crippen LogP contribution in [-0.2, 0) is 11.3 Å². The smallest absolute Gasteiger partial charge is 0.234 e. The van der Waals surface area contributed by atoms with Crippen LogP contribution >= 0.6 is 12.4 Å². The molecule has 0 saturated carbocycles. The number of piperidine rings is 1. The number of nitrogens with two attached hydrogens (primary N) is 1. The summed E-state index contributed by atoms with van der Waals surface area (Å²) in [6.45, 7) is 4.13. The number of benzene rings is 1. The molecule has 1 aliphatic rings. The Morgan fingerprint density at radius 2 is 2.29 bits per heavy atom. The molecule has 0 bridgehead atoms. The number of halogens is 2. The lowest BCUT2D eigenvalue weighted by molar-refractivity contribution is -0.122. The van der Waals surface area contributed by atoms with Gasteiger partial charge < -0.3 is 11.1 Å². The maximum Gasteiger partial charge on any atom is 0.234 e. The Kier molecular flexibility index (Phi) is 7.08. The molecule has 1 fully saturated rings. The fraction of sp³-hybridized carbons (Fsp3) is 0.533. The molecule has 0 spiro atoms. The predicted octanol–water partition coefficient (Wildman–Crippen LogP) is 1.60. The molecule has 0 aromatic heterocycles. The van der Waals surface area contributed by atoms with E-state index in [1.807, 2.05) is 6.07 Å². The molecule has 0 aliphatic carbocycles. The van der Waals surface area contributed by atoms with E-state index in [1.165, 1.54) is 6.07 Å². The molecule has 1 aromatic rings. The van der Waals surface area contributed by atoms with Gasteiger partial charge in [-0.1, -0.05) is 12.1 Å². The second-order valence-electron chi connectivity index (χ2n) is 5.50. The van der Waals surface area contributed by atoms with Gasteiger partial charge in [0.25, 0.3) is 0 Å². The molecular formula is C15H23ClFN3O. The van der Waals surface area contributed by atoms with E-state index in [4.69, 9.17) is 5.73 Å². The zero-order valence-electron chi connectivity index (χ0n) is 12.3. The molecule has 6 heteroatoms. The van der Waals surface area contributed by atoms with Gasteiger partial charge in [-0.2, -0.15) is 0 Å². The zero-order chi connectivity index (χ0) is 14.5. The molecule has 118 valence electrons. The zero-order valence-corrected chi connectivity index (χ0v) is 13.1. The lowest BCUT2D eigenvalue weighted by atomic mass is 10.1. The van der Waals surface area contributed by atoms with Crippen LogP contribution in [-0.4, -0.2) is 36.5 Å². The van der Waals surface area contributed by atoms with Gasteiger partial charge in [0.05, 0.1) is 6.54 Å². The minimum Gasteiger partial charge on any atom is -0.351 e. The number of nitrogens with one attached hydrogen (secondary N) is 1. The number of carbonyl (C=O) groups is 1. The number of aryl methyl sites for hydroxylation is 1. The van der Waals surface area contributed by atoms with Crippen molar-refractivity contribution >= 4 is 18.3 Å². The van der Waals surface area contributed by atoms with Crippen LogP contribution in [0.2, 0.25) is 0 Å². The van der Waals surface area contributed by atoms with Crippen LogP contribution in [0.5, 0.6) is 0 Å². The van der Waals surface area contributed by atoms with Crippen molar-refractivity contribution in [2.75, 3.05) is 19.6 Å². The van der Waals surface area contributed by atoms with Crippen LogP contribution in [0.25, 0.3) is 0 Å². The van der Waals surface area contributed by atoms with Gasteiger partial charge in [-0.15, -0.1) is 12.4 Å². The van der Waals surface area contributed by atoms with E-state index in [2.05, 4.69) is 10.2 Å². The first kappa shape index (κ1) is 17.9. The molecule has 3 N–H and O–H groups in total. The van der Waals surface area contributed by atoms with E-state index in [0.29, 0.717) is 18.7 Å². The van der Waals surface area contributed by atoms with Crippen LogP contribution < -0.4 is 11.1 Å². The molecule has 0 unspecified atom stereocenters. The Morgan fingerprint density at radius 1 is 1.52 bits per heavy atom. The van der Waals surface area contributed by atoms with Gasteiger partial charge in [0.15, 0.2) is 0 Å². The number of nitrogens with zero attached hydrogens (tertiary/aromatic N) is 1. The Morgan fingerprint density at radius 3 is 2.95 bits per heavy atom. The average Bonchev–Trinajstić information content (AvgIpc) is 2.40. The predicted molar refractivity (Wildman–Crippen MR) is 83.9 cm³/mol. The Labute approximate surface area is 131 Å². The number of amides is 1. The van der Waals surface area contributed by atoms with Gasteiger partial charge in [0, 0.05) is 19.1 Å². The minimum absolute atomic E-state index is 0. The highest BCUT2D eigenvalue weighted by molar-refractivity contribution is 5.85. The van der Waals surface area contributed by atoms with Crippen LogP contribution in [0.15, 0.2) is 18.2 Å². The number of hydrogen-bond donors (Lipinski definition) is 2. The van der Waals surface area contributed by atoms with Crippen LogP contribution in [0, 0.1) is 12.7 Å². The summed E-state index contributed by atoms with van der Waals surface area (Å²) < 4.78 is 13.4. The van der Waals surface area contributed by atoms with Gasteiger partial charge in [0.2, 0.25) is 5.91 Å². The summed E-state index contributed by atoms with van der Waals surface area (Å²) in [5.41, 5.74) is 7.27. The minimum atomic E-state index is -0.237. The summed E-state index contributed by atoms with van der Waals surface area (Å²) >= 11 is 0. The number of carbonyl (C=O) groups excluding carboxylic acids is 1. The second-order valence-corrected chi connectivity index (χ2v) is 5.50. The maximum atomic E-state index is 13.4. The summed E-state index contributed by atoms with van der Waals surface area (Å²) in [6, 6.07) is 5.19. The van der Waals surface area contributed by atoms with Crippen molar-refractivity contribution in [1.29, 1.82) is 0 Å². The highest BCUT2D eigenvalue weighted by Crippen LogP contribution is 2.09. The molecule has 4 nitrogen and oxygen atoms in total. The maximum absolute atomic E-state index is 13.4. The van der Waals surface area contributed by atoms with Crippen molar-refractivity contribution in [3.8, 4) is 0 Å². The van der Waals surface area contributed by atoms with E-state index >= 15 is 0 Å². The quantitative estimate of drug-likeness (QED) is 0.887. The van der Waals surface area contributed by atoms with Gasteiger partial charge in [-0.25, -0.2) is 4.39 Å². The lowest BCUT2D eigenvalue weighted by Gasteiger charge is -2.29. The standard InChI is InChI=1S/C15H22FN3O.ClH/c1-11-4-5-12(7-14(11)16)8-18-15(20)10-19-6-2-3-13(17)9-19;/h4-5,7,13H,2-3,6,8-10,17H2,1H3,(H,18,20);1H/t13-;/m1./s1. The summed E-state index contributed by atoms with van der Waals surface area (Å²) in [5, 5.41) is 2.82. The molecule has 1 heterocycles. The normalized spacial score (nSPS) is 18.9. The molecule has 1 atom stereocenters. The molecule has 1 aliphatic heterocycles. The van der Waals surface area contributed by atoms with Crippen molar-refractivity contribution in [3.05, 3.63) is 35.1 Å². The first-order valence-electron chi connectivity index (χ1n) is 7.04. The summed E-state index contributed by atoms with van der Waals surface area (Å²) in [4.78, 5) is 13.9. The largest absolute Gasteiger partial charge is 0.351 e. The lowest BCUT2D eigenvalue weighted by Crippen LogP contribution is -2.46. The van der Waals surface area contributed by atoms with Crippen molar-refractivity contribution in [1.82, 2.24) is 10.2 Å². The Balaban J connectivity index is 0.00000220. The average molecular weight is 316 g/mol. The highest BCUT2D eigenvalue weighted by Gasteiger charge is 2.18. The van der Waals surface area contributed by atoms with Crippen LogP contribution in [0.1, 0.15) is 24.0 Å². The van der Waals surface area contributed by atoms with E-state index < -0.39 is 0 Å². The SMILES string of the molecule is Cc1ccc(CNC(=O)CN2CCC[C@@H](N)C2)cc1F.Cl. The second kappa shape index (κ2) is 8.32. The molecular weight excluding hydrogens is 293 g/mol. The van der Waals surface area contributed by atoms with Gasteiger partial charge in [0.1, 0.15) is 5.82 Å². The molecule has 21 heavy (non-hydrogen) atoms. The monoisotopic (exact) mass is 315 g/mol. The first-order valence-corrected chi connectivity index (χ1v) is 7.04. The number of rotatable bonds is 4. The molecule has 1 saturated heterocycles. The fourth-order valence-electron chi connectivity index (χ4n) is 2.44. The first-order chi connectivity index (χ1) is 9.54. The van der Waals surface area contributed by atoms with E-state index in [0.717, 1.165) is 31.5 Å². The molecule has 1 amide bonds. The van der Waals surface area contributed by atoms with E-state index in [9.17, 15) is 9.18 Å². The third kappa shape index (κ3) is 5.61. The van der Waals surface area contributed by atoms with E-state index in [1.54, 1.807) is 13.0 Å². The van der Waals surface area contributed by atoms with Gasteiger partial charge in [-0.05, 0) is 43.5 Å². The topological polar surface area (TPSA) is 58.4 Å².